The van der Waals surface area contributed by atoms with Crippen molar-refractivity contribution in [2.45, 2.75) is 33.4 Å². The Balaban J connectivity index is 1.56. The normalized spacial score (nSPS) is 11.3. The fourth-order valence-electron chi connectivity index (χ4n) is 3.27. The molecule has 0 spiro atoms. The minimum Gasteiger partial charge on any atom is -0.493 e. The van der Waals surface area contributed by atoms with E-state index in [1.54, 1.807) is 29.1 Å². The Kier molecular flexibility index (Phi) is 4.79. The lowest BCUT2D eigenvalue weighted by Gasteiger charge is -2.03. The second-order valence-electron chi connectivity index (χ2n) is 6.84. The Bertz CT molecular complexity index is 1200. The van der Waals surface area contributed by atoms with Crippen molar-refractivity contribution in [2.24, 2.45) is 0 Å². The Morgan fingerprint density at radius 2 is 2.00 bits per heavy atom. The van der Waals surface area contributed by atoms with Crippen LogP contribution in [-0.2, 0) is 19.5 Å². The third-order valence-electron chi connectivity index (χ3n) is 4.90. The number of hydrogen-bond acceptors (Lipinski definition) is 5. The molecule has 3 aromatic heterocycles. The van der Waals surface area contributed by atoms with Gasteiger partial charge in [0.2, 0.25) is 5.88 Å². The third-order valence-corrected chi connectivity index (χ3v) is 4.90. The standard InChI is InChI=1S/C20H20FN5O3/c1-13-17(14(2)29-23-13)11-25-10-16(9-22-25)26-19(27)12-24(20(26)28)8-7-15-5-3-4-6-18(15)21/h3-6,9-10,12,27H,7-8,11H2,1-2H3. The summed E-state index contributed by atoms with van der Waals surface area (Å²) >= 11 is 0. The van der Waals surface area contributed by atoms with Crippen molar-refractivity contribution >= 4 is 0 Å². The molecule has 8 nitrogen and oxygen atoms in total. The smallest absolute Gasteiger partial charge is 0.335 e. The lowest BCUT2D eigenvalue weighted by atomic mass is 10.1. The molecule has 0 unspecified atom stereocenters. The van der Waals surface area contributed by atoms with Gasteiger partial charge >= 0.3 is 5.69 Å². The van der Waals surface area contributed by atoms with Crippen LogP contribution in [0.4, 0.5) is 4.39 Å². The number of nitrogens with zero attached hydrogens (tertiary/aromatic N) is 5. The molecule has 0 fully saturated rings. The largest absolute Gasteiger partial charge is 0.493 e. The summed E-state index contributed by atoms with van der Waals surface area (Å²) in [7, 11) is 0. The number of aromatic hydroxyl groups is 1. The maximum atomic E-state index is 13.8. The van der Waals surface area contributed by atoms with Crippen LogP contribution < -0.4 is 5.69 Å². The molecule has 0 aliphatic rings. The van der Waals surface area contributed by atoms with Gasteiger partial charge in [-0.25, -0.2) is 13.8 Å². The van der Waals surface area contributed by atoms with Crippen LogP contribution in [0.15, 0.2) is 52.2 Å². The number of aromatic nitrogens is 5. The monoisotopic (exact) mass is 397 g/mol. The van der Waals surface area contributed by atoms with Gasteiger partial charge in [-0.2, -0.15) is 5.10 Å². The maximum absolute atomic E-state index is 13.8. The summed E-state index contributed by atoms with van der Waals surface area (Å²) < 4.78 is 23.1. The molecule has 4 aromatic rings. The highest BCUT2D eigenvalue weighted by atomic mass is 19.1. The van der Waals surface area contributed by atoms with Crippen LogP contribution in [0.1, 0.15) is 22.6 Å². The molecule has 0 saturated carbocycles. The van der Waals surface area contributed by atoms with Crippen LogP contribution in [-0.4, -0.2) is 29.2 Å². The van der Waals surface area contributed by atoms with Gasteiger partial charge in [0.05, 0.1) is 30.3 Å². The van der Waals surface area contributed by atoms with Gasteiger partial charge in [-0.15, -0.1) is 0 Å². The van der Waals surface area contributed by atoms with Crippen LogP contribution in [0.2, 0.25) is 0 Å². The first-order chi connectivity index (χ1) is 13.9. The molecule has 29 heavy (non-hydrogen) atoms. The predicted octanol–water partition coefficient (Wildman–Crippen LogP) is 2.58. The highest BCUT2D eigenvalue weighted by Crippen LogP contribution is 2.17. The van der Waals surface area contributed by atoms with E-state index < -0.39 is 5.69 Å². The second kappa shape index (κ2) is 7.42. The van der Waals surface area contributed by atoms with Gasteiger partial charge in [0, 0.05) is 18.3 Å². The first kappa shape index (κ1) is 18.7. The minimum atomic E-state index is -0.421. The Labute approximate surface area is 165 Å². The van der Waals surface area contributed by atoms with Crippen molar-refractivity contribution in [1.82, 2.24) is 24.1 Å². The molecule has 150 valence electrons. The van der Waals surface area contributed by atoms with E-state index >= 15 is 0 Å². The molecule has 1 aromatic carbocycles. The number of hydrogen-bond donors (Lipinski definition) is 1. The molecular formula is C20H20FN5O3. The van der Waals surface area contributed by atoms with Gasteiger partial charge in [0.15, 0.2) is 0 Å². The van der Waals surface area contributed by atoms with Crippen LogP contribution in [0.25, 0.3) is 5.69 Å². The molecular weight excluding hydrogens is 377 g/mol. The molecule has 9 heteroatoms. The van der Waals surface area contributed by atoms with Crippen molar-refractivity contribution < 1.29 is 14.0 Å². The number of benzene rings is 1. The molecule has 0 aliphatic heterocycles. The highest BCUT2D eigenvalue weighted by molar-refractivity contribution is 5.32. The lowest BCUT2D eigenvalue weighted by Crippen LogP contribution is -2.23. The SMILES string of the molecule is Cc1noc(C)c1Cn1cc(-n2c(O)cn(CCc3ccccc3F)c2=O)cn1. The first-order valence-corrected chi connectivity index (χ1v) is 9.13. The second-order valence-corrected chi connectivity index (χ2v) is 6.84. The zero-order chi connectivity index (χ0) is 20.5. The predicted molar refractivity (Wildman–Crippen MR) is 103 cm³/mol. The highest BCUT2D eigenvalue weighted by Gasteiger charge is 2.16. The van der Waals surface area contributed by atoms with E-state index in [0.717, 1.165) is 15.8 Å². The van der Waals surface area contributed by atoms with Crippen molar-refractivity contribution in [3.8, 4) is 11.6 Å². The fourth-order valence-corrected chi connectivity index (χ4v) is 3.27. The summed E-state index contributed by atoms with van der Waals surface area (Å²) in [5.74, 6) is 0.184. The zero-order valence-corrected chi connectivity index (χ0v) is 16.0. The molecule has 0 bridgehead atoms. The van der Waals surface area contributed by atoms with Gasteiger partial charge in [-0.05, 0) is 31.9 Å². The summed E-state index contributed by atoms with van der Waals surface area (Å²) in [5.41, 5.74) is 2.22. The minimum absolute atomic E-state index is 0.208. The first-order valence-electron chi connectivity index (χ1n) is 9.13. The number of halogens is 1. The molecule has 0 amide bonds. The molecule has 0 atom stereocenters. The summed E-state index contributed by atoms with van der Waals surface area (Å²) in [5, 5.41) is 18.5. The average molecular weight is 397 g/mol. The van der Waals surface area contributed by atoms with Crippen molar-refractivity contribution in [3.05, 3.63) is 81.7 Å². The van der Waals surface area contributed by atoms with Gasteiger partial charge in [-0.3, -0.25) is 9.25 Å². The quantitative estimate of drug-likeness (QED) is 0.540. The molecule has 3 heterocycles. The molecule has 0 saturated heterocycles. The zero-order valence-electron chi connectivity index (χ0n) is 16.0. The molecule has 0 aliphatic carbocycles. The van der Waals surface area contributed by atoms with E-state index in [9.17, 15) is 14.3 Å². The summed E-state index contributed by atoms with van der Waals surface area (Å²) in [6.07, 6.45) is 4.84. The van der Waals surface area contributed by atoms with E-state index in [0.29, 0.717) is 30.0 Å². The summed E-state index contributed by atoms with van der Waals surface area (Å²) in [4.78, 5) is 12.7. The van der Waals surface area contributed by atoms with E-state index in [1.807, 2.05) is 13.8 Å². The molecule has 1 N–H and O–H groups in total. The lowest BCUT2D eigenvalue weighted by molar-refractivity contribution is 0.391. The van der Waals surface area contributed by atoms with Crippen LogP contribution in [0, 0.1) is 19.7 Å². The summed E-state index contributed by atoms with van der Waals surface area (Å²) in [6, 6.07) is 6.43. The van der Waals surface area contributed by atoms with Crippen LogP contribution in [0.3, 0.4) is 0 Å². The van der Waals surface area contributed by atoms with Crippen LogP contribution in [0.5, 0.6) is 5.88 Å². The maximum Gasteiger partial charge on any atom is 0.335 e. The topological polar surface area (TPSA) is 91.0 Å². The van der Waals surface area contributed by atoms with Gasteiger partial charge < -0.3 is 9.63 Å². The Morgan fingerprint density at radius 1 is 1.21 bits per heavy atom. The summed E-state index contributed by atoms with van der Waals surface area (Å²) in [6.45, 7) is 4.35. The number of aryl methyl sites for hydroxylation is 4. The number of imidazole rings is 1. The van der Waals surface area contributed by atoms with Gasteiger partial charge in [0.1, 0.15) is 11.6 Å². The van der Waals surface area contributed by atoms with Crippen molar-refractivity contribution in [2.75, 3.05) is 0 Å². The van der Waals surface area contributed by atoms with Crippen molar-refractivity contribution in [3.63, 3.8) is 0 Å². The fraction of sp³-hybridized carbons (Fsp3) is 0.250. The number of rotatable bonds is 6. The van der Waals surface area contributed by atoms with Gasteiger partial charge in [-0.1, -0.05) is 23.4 Å². The van der Waals surface area contributed by atoms with Crippen LogP contribution >= 0.6 is 0 Å². The van der Waals surface area contributed by atoms with E-state index in [4.69, 9.17) is 4.52 Å². The third kappa shape index (κ3) is 3.58. The average Bonchev–Trinajstić information content (AvgIpc) is 3.35. The molecule has 0 radical (unpaired) electrons. The van der Waals surface area contributed by atoms with Crippen molar-refractivity contribution in [1.29, 1.82) is 0 Å². The Morgan fingerprint density at radius 3 is 2.72 bits per heavy atom. The van der Waals surface area contributed by atoms with E-state index in [-0.39, 0.29) is 18.2 Å². The van der Waals surface area contributed by atoms with E-state index in [1.165, 1.54) is 23.0 Å². The Hall–Kier alpha value is -3.62. The molecule has 4 rings (SSSR count). The van der Waals surface area contributed by atoms with Gasteiger partial charge in [0.25, 0.3) is 0 Å². The van der Waals surface area contributed by atoms with E-state index in [2.05, 4.69) is 10.3 Å².